The van der Waals surface area contributed by atoms with Gasteiger partial charge in [-0.25, -0.2) is 9.78 Å². The number of amides is 2. The minimum atomic E-state index is -4.39. The Labute approximate surface area is 197 Å². The summed E-state index contributed by atoms with van der Waals surface area (Å²) in [5, 5.41) is 9.80. The summed E-state index contributed by atoms with van der Waals surface area (Å²) in [5.41, 5.74) is 0.702. The topological polar surface area (TPSA) is 69.8 Å². The lowest BCUT2D eigenvalue weighted by molar-refractivity contribution is -0.137. The van der Waals surface area contributed by atoms with E-state index in [1.54, 1.807) is 16.1 Å². The number of likely N-dealkylation sites (tertiary alicyclic amines) is 2. The van der Waals surface area contributed by atoms with Crippen LogP contribution in [0.2, 0.25) is 0 Å². The second-order valence-corrected chi connectivity index (χ2v) is 10.5. The average molecular weight is 480 g/mol. The third-order valence-electron chi connectivity index (χ3n) is 6.81. The molecule has 186 valence electrons. The number of hydrogen-bond acceptors (Lipinski definition) is 4. The summed E-state index contributed by atoms with van der Waals surface area (Å²) < 4.78 is 45.0. The van der Waals surface area contributed by atoms with E-state index in [1.807, 2.05) is 20.8 Å². The Morgan fingerprint density at radius 1 is 1.03 bits per heavy atom. The zero-order valence-electron chi connectivity index (χ0n) is 19.8. The van der Waals surface area contributed by atoms with Crippen molar-refractivity contribution in [3.63, 3.8) is 0 Å². The van der Waals surface area contributed by atoms with E-state index in [-0.39, 0.29) is 29.4 Å². The van der Waals surface area contributed by atoms with E-state index in [0.29, 0.717) is 51.3 Å². The average Bonchev–Trinajstić information content (AvgIpc) is 3.29. The Kier molecular flexibility index (Phi) is 6.68. The number of benzene rings is 1. The molecule has 2 saturated heterocycles. The van der Waals surface area contributed by atoms with Gasteiger partial charge in [0.2, 0.25) is 0 Å². The van der Waals surface area contributed by atoms with Crippen LogP contribution < -0.4 is 0 Å². The van der Waals surface area contributed by atoms with Crippen LogP contribution in [0.3, 0.4) is 0 Å². The molecule has 2 aliphatic rings. The van der Waals surface area contributed by atoms with Gasteiger partial charge in [-0.05, 0) is 37.0 Å². The molecule has 2 atom stereocenters. The van der Waals surface area contributed by atoms with Gasteiger partial charge >= 0.3 is 12.2 Å². The zero-order chi connectivity index (χ0) is 24.7. The van der Waals surface area contributed by atoms with Crippen molar-refractivity contribution in [2.45, 2.75) is 69.6 Å². The van der Waals surface area contributed by atoms with Crippen LogP contribution in [0.25, 0.3) is 0 Å². The maximum Gasteiger partial charge on any atom is 0.416 e. The fourth-order valence-electron chi connectivity index (χ4n) is 4.70. The van der Waals surface area contributed by atoms with Crippen LogP contribution in [-0.2, 0) is 11.6 Å². The van der Waals surface area contributed by atoms with Crippen molar-refractivity contribution in [2.75, 3.05) is 26.2 Å². The number of rotatable bonds is 2. The van der Waals surface area contributed by atoms with Gasteiger partial charge in [0.1, 0.15) is 6.26 Å². The zero-order valence-corrected chi connectivity index (χ0v) is 19.8. The minimum Gasteiger partial charge on any atom is -0.448 e. The third kappa shape index (κ3) is 5.40. The highest BCUT2D eigenvalue weighted by Crippen LogP contribution is 2.38. The molecule has 2 unspecified atom stereocenters. The van der Waals surface area contributed by atoms with Crippen molar-refractivity contribution >= 4 is 6.03 Å². The van der Waals surface area contributed by atoms with Gasteiger partial charge < -0.3 is 19.3 Å². The molecule has 0 bridgehead atoms. The molecular weight excluding hydrogens is 447 g/mol. The van der Waals surface area contributed by atoms with Crippen molar-refractivity contribution in [2.24, 2.45) is 0 Å². The number of hydrogen-bond donors (Lipinski definition) is 1. The molecule has 1 aromatic carbocycles. The largest absolute Gasteiger partial charge is 0.448 e. The first-order chi connectivity index (χ1) is 15.9. The number of urea groups is 1. The van der Waals surface area contributed by atoms with E-state index in [4.69, 9.17) is 9.40 Å². The number of oxazole rings is 1. The van der Waals surface area contributed by atoms with Crippen LogP contribution in [0.5, 0.6) is 0 Å². The molecule has 1 aromatic heterocycles. The number of aliphatic hydroxyl groups is 1. The molecule has 2 aliphatic heterocycles. The van der Waals surface area contributed by atoms with Crippen LogP contribution >= 0.6 is 0 Å². The van der Waals surface area contributed by atoms with Gasteiger partial charge in [-0.1, -0.05) is 32.9 Å². The van der Waals surface area contributed by atoms with Crippen molar-refractivity contribution < 1.29 is 27.5 Å². The van der Waals surface area contributed by atoms with Gasteiger partial charge in [0.25, 0.3) is 0 Å². The summed E-state index contributed by atoms with van der Waals surface area (Å²) in [6.07, 6.45) is -1.43. The summed E-state index contributed by atoms with van der Waals surface area (Å²) in [4.78, 5) is 21.5. The van der Waals surface area contributed by atoms with E-state index >= 15 is 0 Å². The summed E-state index contributed by atoms with van der Waals surface area (Å²) in [5.74, 6) is 0.232. The van der Waals surface area contributed by atoms with Crippen LogP contribution in [0, 0.1) is 0 Å². The number of carbonyl (C=O) groups excluding carboxylic acids is 1. The van der Waals surface area contributed by atoms with Gasteiger partial charge in [-0.15, -0.1) is 0 Å². The lowest BCUT2D eigenvalue weighted by Crippen LogP contribution is -2.51. The first kappa shape index (κ1) is 24.6. The molecule has 0 radical (unpaired) electrons. The molecule has 2 fully saturated rings. The molecule has 0 saturated carbocycles. The quantitative estimate of drug-likeness (QED) is 0.648. The molecule has 3 heterocycles. The van der Waals surface area contributed by atoms with Crippen molar-refractivity contribution in [1.29, 1.82) is 0 Å². The molecular formula is C25H32F3N3O3. The summed E-state index contributed by atoms with van der Waals surface area (Å²) >= 11 is 0. The number of aromatic nitrogens is 1. The Balaban J connectivity index is 1.59. The molecule has 1 N–H and O–H groups in total. The van der Waals surface area contributed by atoms with Gasteiger partial charge in [-0.2, -0.15) is 13.2 Å². The van der Waals surface area contributed by atoms with Gasteiger partial charge in [0.15, 0.2) is 5.89 Å². The lowest BCUT2D eigenvalue weighted by Gasteiger charge is -2.41. The highest BCUT2D eigenvalue weighted by atomic mass is 19.4. The standard InChI is InChI=1S/C25H32F3N3O3/c1-24(2,3)21-15-34-22(29-21)18-12-17(16-4-6-19(7-5-16)25(26,27)28)13-31(14-18)23(33)30-10-8-20(32)9-11-30/h4-7,15,17-18,20,32H,8-14H2,1-3H3. The Hall–Kier alpha value is -2.55. The van der Waals surface area contributed by atoms with E-state index < -0.39 is 11.7 Å². The van der Waals surface area contributed by atoms with Crippen molar-refractivity contribution in [3.8, 4) is 0 Å². The molecule has 0 spiro atoms. The molecule has 4 rings (SSSR count). The van der Waals surface area contributed by atoms with Gasteiger partial charge in [0, 0.05) is 37.5 Å². The minimum absolute atomic E-state index is 0.115. The smallest absolute Gasteiger partial charge is 0.416 e. The number of halogens is 3. The van der Waals surface area contributed by atoms with Crippen molar-refractivity contribution in [1.82, 2.24) is 14.8 Å². The second kappa shape index (κ2) is 9.24. The SMILES string of the molecule is CC(C)(C)c1coc(C2CC(c3ccc(C(F)(F)F)cc3)CN(C(=O)N3CCC(O)CC3)C2)n1. The maximum atomic E-state index is 13.3. The molecule has 2 aromatic rings. The third-order valence-corrected chi connectivity index (χ3v) is 6.81. The number of alkyl halides is 3. The maximum absolute atomic E-state index is 13.3. The Morgan fingerprint density at radius 3 is 2.21 bits per heavy atom. The van der Waals surface area contributed by atoms with E-state index in [2.05, 4.69) is 0 Å². The second-order valence-electron chi connectivity index (χ2n) is 10.5. The van der Waals surface area contributed by atoms with E-state index in [9.17, 15) is 23.1 Å². The molecule has 6 nitrogen and oxygen atoms in total. The molecule has 0 aliphatic carbocycles. The van der Waals surface area contributed by atoms with Gasteiger partial charge in [-0.3, -0.25) is 0 Å². The summed E-state index contributed by atoms with van der Waals surface area (Å²) in [6.45, 7) is 7.94. The monoisotopic (exact) mass is 479 g/mol. The number of piperidine rings is 2. The van der Waals surface area contributed by atoms with Crippen LogP contribution in [0.4, 0.5) is 18.0 Å². The number of nitrogens with zero attached hydrogens (tertiary/aromatic N) is 3. The Morgan fingerprint density at radius 2 is 1.65 bits per heavy atom. The molecule has 34 heavy (non-hydrogen) atoms. The fraction of sp³-hybridized carbons (Fsp3) is 0.600. The summed E-state index contributed by atoms with van der Waals surface area (Å²) in [7, 11) is 0. The lowest BCUT2D eigenvalue weighted by atomic mass is 9.84. The molecule has 9 heteroatoms. The number of aliphatic hydroxyl groups excluding tert-OH is 1. The van der Waals surface area contributed by atoms with Crippen LogP contribution in [-0.4, -0.2) is 58.2 Å². The number of carbonyl (C=O) groups is 1. The highest BCUT2D eigenvalue weighted by Gasteiger charge is 2.37. The van der Waals surface area contributed by atoms with E-state index in [1.165, 1.54) is 12.1 Å². The highest BCUT2D eigenvalue weighted by molar-refractivity contribution is 5.75. The predicted octanol–water partition coefficient (Wildman–Crippen LogP) is 5.14. The fourth-order valence-corrected chi connectivity index (χ4v) is 4.70. The predicted molar refractivity (Wildman–Crippen MR) is 121 cm³/mol. The summed E-state index contributed by atoms with van der Waals surface area (Å²) in [6, 6.07) is 5.09. The van der Waals surface area contributed by atoms with Gasteiger partial charge in [0.05, 0.1) is 23.3 Å². The molecule has 2 amide bonds. The van der Waals surface area contributed by atoms with E-state index in [0.717, 1.165) is 23.4 Å². The Bertz CT molecular complexity index is 989. The first-order valence-electron chi connectivity index (χ1n) is 11.8. The van der Waals surface area contributed by atoms with Crippen LogP contribution in [0.1, 0.15) is 74.6 Å². The van der Waals surface area contributed by atoms with Crippen molar-refractivity contribution in [3.05, 3.63) is 53.2 Å². The first-order valence-corrected chi connectivity index (χ1v) is 11.8. The normalized spacial score (nSPS) is 22.8. The van der Waals surface area contributed by atoms with Crippen LogP contribution in [0.15, 0.2) is 34.9 Å².